The number of amides is 1. The number of anilines is 1. The van der Waals surface area contributed by atoms with E-state index in [4.69, 9.17) is 0 Å². The standard InChI is InChI=1S/C16H12N2O3/c1-17(14-8-10-15(11-9-14)18(20)21)16(19)12-7-13-5-3-2-4-6-13/h2-6,8-11H,1H3. The van der Waals surface area contributed by atoms with Gasteiger partial charge in [-0.05, 0) is 24.3 Å². The molecule has 2 rings (SSSR count). The normalized spacial score (nSPS) is 9.38. The lowest BCUT2D eigenvalue weighted by atomic mass is 10.2. The summed E-state index contributed by atoms with van der Waals surface area (Å²) in [5.74, 6) is 4.93. The van der Waals surface area contributed by atoms with Crippen molar-refractivity contribution in [1.29, 1.82) is 0 Å². The molecule has 0 heterocycles. The molecule has 0 spiro atoms. The highest BCUT2D eigenvalue weighted by atomic mass is 16.6. The number of nitrogens with zero attached hydrogens (tertiary/aromatic N) is 2. The maximum Gasteiger partial charge on any atom is 0.302 e. The average Bonchev–Trinajstić information content (AvgIpc) is 2.53. The van der Waals surface area contributed by atoms with Crippen LogP contribution in [0.2, 0.25) is 0 Å². The fourth-order valence-electron chi connectivity index (χ4n) is 1.65. The molecule has 0 saturated carbocycles. The molecule has 0 fully saturated rings. The Bertz CT molecular complexity index is 713. The Kier molecular flexibility index (Phi) is 4.32. The fraction of sp³-hybridized carbons (Fsp3) is 0.0625. The van der Waals surface area contributed by atoms with Crippen molar-refractivity contribution in [2.45, 2.75) is 0 Å². The van der Waals surface area contributed by atoms with E-state index in [1.165, 1.54) is 29.2 Å². The number of benzene rings is 2. The predicted octanol–water partition coefficient (Wildman–Crippen LogP) is 2.61. The van der Waals surface area contributed by atoms with Gasteiger partial charge >= 0.3 is 5.91 Å². The molecule has 2 aromatic rings. The van der Waals surface area contributed by atoms with Crippen molar-refractivity contribution >= 4 is 17.3 Å². The van der Waals surface area contributed by atoms with Crippen LogP contribution in [0, 0.1) is 22.0 Å². The second-order valence-electron chi connectivity index (χ2n) is 4.25. The molecule has 5 heteroatoms. The largest absolute Gasteiger partial charge is 0.305 e. The van der Waals surface area contributed by atoms with Gasteiger partial charge < -0.3 is 4.90 Å². The van der Waals surface area contributed by atoms with E-state index in [-0.39, 0.29) is 11.6 Å². The third-order valence-corrected chi connectivity index (χ3v) is 2.84. The van der Waals surface area contributed by atoms with Crippen LogP contribution in [0.25, 0.3) is 0 Å². The molecule has 0 unspecified atom stereocenters. The summed E-state index contributed by atoms with van der Waals surface area (Å²) in [7, 11) is 1.57. The van der Waals surface area contributed by atoms with Crippen LogP contribution in [0.4, 0.5) is 11.4 Å². The summed E-state index contributed by atoms with van der Waals surface area (Å²) >= 11 is 0. The first-order chi connectivity index (χ1) is 10.1. The molecular weight excluding hydrogens is 268 g/mol. The van der Waals surface area contributed by atoms with E-state index in [0.717, 1.165) is 5.56 Å². The highest BCUT2D eigenvalue weighted by Gasteiger charge is 2.10. The van der Waals surface area contributed by atoms with Crippen LogP contribution >= 0.6 is 0 Å². The smallest absolute Gasteiger partial charge is 0.302 e. The molecule has 0 atom stereocenters. The number of hydrogen-bond donors (Lipinski definition) is 0. The Balaban J connectivity index is 2.12. The molecule has 5 nitrogen and oxygen atoms in total. The Morgan fingerprint density at radius 2 is 1.71 bits per heavy atom. The van der Waals surface area contributed by atoms with Crippen LogP contribution < -0.4 is 4.90 Å². The number of rotatable bonds is 2. The SMILES string of the molecule is CN(C(=O)C#Cc1ccccc1)c1ccc([N+](=O)[O-])cc1. The van der Waals surface area contributed by atoms with E-state index in [2.05, 4.69) is 11.8 Å². The van der Waals surface area contributed by atoms with Crippen molar-refractivity contribution in [3.05, 3.63) is 70.3 Å². The molecule has 2 aromatic carbocycles. The topological polar surface area (TPSA) is 63.5 Å². The van der Waals surface area contributed by atoms with Crippen LogP contribution in [0.5, 0.6) is 0 Å². The maximum atomic E-state index is 12.0. The highest BCUT2D eigenvalue weighted by Crippen LogP contribution is 2.18. The van der Waals surface area contributed by atoms with Crippen LogP contribution in [0.15, 0.2) is 54.6 Å². The third kappa shape index (κ3) is 3.67. The van der Waals surface area contributed by atoms with Gasteiger partial charge in [0.15, 0.2) is 0 Å². The van der Waals surface area contributed by atoms with E-state index >= 15 is 0 Å². The highest BCUT2D eigenvalue weighted by molar-refractivity contribution is 6.05. The quantitative estimate of drug-likeness (QED) is 0.482. The second-order valence-corrected chi connectivity index (χ2v) is 4.25. The van der Waals surface area contributed by atoms with Crippen molar-refractivity contribution in [3.8, 4) is 11.8 Å². The van der Waals surface area contributed by atoms with E-state index in [1.54, 1.807) is 7.05 Å². The first kappa shape index (κ1) is 14.3. The van der Waals surface area contributed by atoms with Gasteiger partial charge in [-0.3, -0.25) is 14.9 Å². The summed E-state index contributed by atoms with van der Waals surface area (Å²) in [6.45, 7) is 0. The minimum absolute atomic E-state index is 0.0185. The molecule has 0 aliphatic heterocycles. The van der Waals surface area contributed by atoms with Gasteiger partial charge in [-0.15, -0.1) is 0 Å². The van der Waals surface area contributed by atoms with Crippen molar-refractivity contribution in [2.75, 3.05) is 11.9 Å². The van der Waals surface area contributed by atoms with Gasteiger partial charge in [0.1, 0.15) is 0 Å². The molecule has 0 bridgehead atoms. The minimum Gasteiger partial charge on any atom is -0.305 e. The first-order valence-electron chi connectivity index (χ1n) is 6.17. The van der Waals surface area contributed by atoms with E-state index < -0.39 is 4.92 Å². The van der Waals surface area contributed by atoms with Crippen molar-refractivity contribution < 1.29 is 9.72 Å². The van der Waals surface area contributed by atoms with Gasteiger partial charge in [-0.2, -0.15) is 0 Å². The second kappa shape index (κ2) is 6.35. The van der Waals surface area contributed by atoms with Gasteiger partial charge in [0, 0.05) is 36.4 Å². The van der Waals surface area contributed by atoms with E-state index in [1.807, 2.05) is 30.3 Å². The Morgan fingerprint density at radius 1 is 1.10 bits per heavy atom. The Labute approximate surface area is 122 Å². The lowest BCUT2D eigenvalue weighted by Gasteiger charge is -2.13. The summed E-state index contributed by atoms with van der Waals surface area (Å²) in [6, 6.07) is 14.9. The summed E-state index contributed by atoms with van der Waals surface area (Å²) in [5, 5.41) is 10.6. The monoisotopic (exact) mass is 280 g/mol. The van der Waals surface area contributed by atoms with Crippen LogP contribution in [-0.4, -0.2) is 17.9 Å². The van der Waals surface area contributed by atoms with Gasteiger partial charge in [-0.1, -0.05) is 24.1 Å². The lowest BCUT2D eigenvalue weighted by molar-refractivity contribution is -0.384. The summed E-state index contributed by atoms with van der Waals surface area (Å²) in [5.41, 5.74) is 1.28. The maximum absolute atomic E-state index is 12.0. The third-order valence-electron chi connectivity index (χ3n) is 2.84. The first-order valence-corrected chi connectivity index (χ1v) is 6.17. The van der Waals surface area contributed by atoms with E-state index in [9.17, 15) is 14.9 Å². The Morgan fingerprint density at radius 3 is 2.29 bits per heavy atom. The molecule has 21 heavy (non-hydrogen) atoms. The van der Waals surface area contributed by atoms with Crippen molar-refractivity contribution in [1.82, 2.24) is 0 Å². The number of nitro benzene ring substituents is 1. The van der Waals surface area contributed by atoms with E-state index in [0.29, 0.717) is 5.69 Å². The van der Waals surface area contributed by atoms with Crippen molar-refractivity contribution in [2.24, 2.45) is 0 Å². The molecule has 0 N–H and O–H groups in total. The molecule has 0 aromatic heterocycles. The molecule has 104 valence electrons. The zero-order chi connectivity index (χ0) is 15.2. The zero-order valence-electron chi connectivity index (χ0n) is 11.3. The van der Waals surface area contributed by atoms with Gasteiger partial charge in [0.25, 0.3) is 5.69 Å². The van der Waals surface area contributed by atoms with Gasteiger partial charge in [-0.25, -0.2) is 0 Å². The van der Waals surface area contributed by atoms with Crippen LogP contribution in [0.3, 0.4) is 0 Å². The van der Waals surface area contributed by atoms with Crippen molar-refractivity contribution in [3.63, 3.8) is 0 Å². The van der Waals surface area contributed by atoms with Crippen LogP contribution in [0.1, 0.15) is 5.56 Å². The molecule has 0 radical (unpaired) electrons. The molecular formula is C16H12N2O3. The van der Waals surface area contributed by atoms with Gasteiger partial charge in [0.2, 0.25) is 0 Å². The average molecular weight is 280 g/mol. The number of carbonyl (C=O) groups is 1. The number of nitro groups is 1. The predicted molar refractivity (Wildman–Crippen MR) is 79.8 cm³/mol. The summed E-state index contributed by atoms with van der Waals surface area (Å²) in [6.07, 6.45) is 0. The van der Waals surface area contributed by atoms with Gasteiger partial charge in [0.05, 0.1) is 4.92 Å². The number of carbonyl (C=O) groups excluding carboxylic acids is 1. The molecule has 0 saturated heterocycles. The summed E-state index contributed by atoms with van der Waals surface area (Å²) in [4.78, 5) is 23.4. The number of non-ortho nitro benzene ring substituents is 1. The fourth-order valence-corrected chi connectivity index (χ4v) is 1.65. The molecule has 0 aliphatic rings. The Hall–Kier alpha value is -3.13. The minimum atomic E-state index is -0.485. The molecule has 0 aliphatic carbocycles. The lowest BCUT2D eigenvalue weighted by Crippen LogP contribution is -2.24. The zero-order valence-corrected chi connectivity index (χ0v) is 11.3. The number of hydrogen-bond acceptors (Lipinski definition) is 3. The summed E-state index contributed by atoms with van der Waals surface area (Å²) < 4.78 is 0. The van der Waals surface area contributed by atoms with Crippen LogP contribution in [-0.2, 0) is 4.79 Å². The molecule has 1 amide bonds.